The summed E-state index contributed by atoms with van der Waals surface area (Å²) in [5.74, 6) is 0.599. The lowest BCUT2D eigenvalue weighted by atomic mass is 10.1. The summed E-state index contributed by atoms with van der Waals surface area (Å²) in [6, 6.07) is 0. The molecule has 0 radical (unpaired) electrons. The highest BCUT2D eigenvalue weighted by Crippen LogP contribution is 2.11. The lowest BCUT2D eigenvalue weighted by Crippen LogP contribution is -2.40. The van der Waals surface area contributed by atoms with Crippen LogP contribution in [0.2, 0.25) is 0 Å². The first-order valence-electron chi connectivity index (χ1n) is 5.97. The smallest absolute Gasteiger partial charge is 0.279 e. The molecule has 7 heteroatoms. The Labute approximate surface area is 104 Å². The first-order valence-corrected chi connectivity index (χ1v) is 7.41. The van der Waals surface area contributed by atoms with Gasteiger partial charge in [-0.3, -0.25) is 0 Å². The summed E-state index contributed by atoms with van der Waals surface area (Å²) in [6.45, 7) is 3.33. The van der Waals surface area contributed by atoms with Crippen LogP contribution in [-0.2, 0) is 14.9 Å². The Balaban J connectivity index is 2.23. The van der Waals surface area contributed by atoms with Gasteiger partial charge in [0.05, 0.1) is 6.61 Å². The summed E-state index contributed by atoms with van der Waals surface area (Å²) >= 11 is 0. The Morgan fingerprint density at radius 3 is 2.88 bits per heavy atom. The van der Waals surface area contributed by atoms with Crippen molar-refractivity contribution in [3.63, 3.8) is 0 Å². The fourth-order valence-electron chi connectivity index (χ4n) is 1.80. The lowest BCUT2D eigenvalue weighted by molar-refractivity contribution is 0.184. The molecule has 0 aromatic heterocycles. The highest BCUT2D eigenvalue weighted by molar-refractivity contribution is 7.87. The number of methoxy groups -OCH3 is 1. The van der Waals surface area contributed by atoms with E-state index in [9.17, 15) is 8.42 Å². The maximum atomic E-state index is 11.8. The van der Waals surface area contributed by atoms with Gasteiger partial charge < -0.3 is 10.1 Å². The van der Waals surface area contributed by atoms with Crippen LogP contribution < -0.4 is 10.0 Å². The van der Waals surface area contributed by atoms with E-state index in [0.717, 1.165) is 25.9 Å². The summed E-state index contributed by atoms with van der Waals surface area (Å²) in [6.07, 6.45) is 2.03. The van der Waals surface area contributed by atoms with E-state index in [1.165, 1.54) is 4.31 Å². The molecule has 1 fully saturated rings. The first-order chi connectivity index (χ1) is 8.06. The Hall–Kier alpha value is -0.210. The molecule has 0 bridgehead atoms. The van der Waals surface area contributed by atoms with E-state index in [1.54, 1.807) is 14.2 Å². The monoisotopic (exact) mass is 265 g/mol. The van der Waals surface area contributed by atoms with Gasteiger partial charge in [-0.25, -0.2) is 4.72 Å². The fraction of sp³-hybridized carbons (Fsp3) is 1.00. The molecular formula is C10H23N3O3S. The van der Waals surface area contributed by atoms with Crippen LogP contribution in [0.3, 0.4) is 0 Å². The van der Waals surface area contributed by atoms with Gasteiger partial charge in [0.25, 0.3) is 10.2 Å². The van der Waals surface area contributed by atoms with Crippen LogP contribution in [0.1, 0.15) is 12.8 Å². The molecule has 1 saturated heterocycles. The summed E-state index contributed by atoms with van der Waals surface area (Å²) in [5.41, 5.74) is 0. The van der Waals surface area contributed by atoms with Gasteiger partial charge >= 0.3 is 0 Å². The molecule has 1 rings (SSSR count). The second-order valence-corrected chi connectivity index (χ2v) is 6.22. The minimum Gasteiger partial charge on any atom is -0.383 e. The van der Waals surface area contributed by atoms with Crippen molar-refractivity contribution >= 4 is 10.2 Å². The van der Waals surface area contributed by atoms with Crippen molar-refractivity contribution in [3.05, 3.63) is 0 Å². The van der Waals surface area contributed by atoms with Crippen LogP contribution in [0.4, 0.5) is 0 Å². The molecule has 0 aromatic rings. The summed E-state index contributed by atoms with van der Waals surface area (Å²) in [4.78, 5) is 0. The van der Waals surface area contributed by atoms with Crippen molar-refractivity contribution in [2.75, 3.05) is 46.9 Å². The van der Waals surface area contributed by atoms with Gasteiger partial charge in [0.1, 0.15) is 0 Å². The minimum absolute atomic E-state index is 0.372. The molecular weight excluding hydrogens is 242 g/mol. The van der Waals surface area contributed by atoms with Gasteiger partial charge in [-0.2, -0.15) is 12.7 Å². The maximum Gasteiger partial charge on any atom is 0.279 e. The molecule has 1 heterocycles. The third-order valence-electron chi connectivity index (χ3n) is 3.02. The van der Waals surface area contributed by atoms with E-state index in [1.807, 2.05) is 0 Å². The number of hydrogen-bond acceptors (Lipinski definition) is 4. The van der Waals surface area contributed by atoms with Crippen molar-refractivity contribution in [3.8, 4) is 0 Å². The topological polar surface area (TPSA) is 70.7 Å². The van der Waals surface area contributed by atoms with Crippen molar-refractivity contribution in [1.29, 1.82) is 0 Å². The van der Waals surface area contributed by atoms with Crippen molar-refractivity contribution < 1.29 is 13.2 Å². The van der Waals surface area contributed by atoms with Crippen LogP contribution in [0.15, 0.2) is 0 Å². The molecule has 0 saturated carbocycles. The van der Waals surface area contributed by atoms with Gasteiger partial charge in [0, 0.05) is 27.2 Å². The van der Waals surface area contributed by atoms with E-state index in [4.69, 9.17) is 4.74 Å². The summed E-state index contributed by atoms with van der Waals surface area (Å²) in [7, 11) is -0.231. The molecule has 1 aliphatic rings. The van der Waals surface area contributed by atoms with E-state index in [0.29, 0.717) is 25.6 Å². The molecule has 1 atom stereocenters. The van der Waals surface area contributed by atoms with Gasteiger partial charge in [0.15, 0.2) is 0 Å². The van der Waals surface area contributed by atoms with Crippen LogP contribution in [0.25, 0.3) is 0 Å². The van der Waals surface area contributed by atoms with E-state index in [2.05, 4.69) is 10.0 Å². The Bertz CT molecular complexity index is 302. The standard InChI is InChI=1S/C10H23N3O3S/c1-13(7-8-16-2)17(14,15)12-6-4-10-3-5-11-9-10/h10-12H,3-9H2,1-2H3. The van der Waals surface area contributed by atoms with E-state index >= 15 is 0 Å². The molecule has 17 heavy (non-hydrogen) atoms. The Morgan fingerprint density at radius 2 is 2.29 bits per heavy atom. The zero-order valence-corrected chi connectivity index (χ0v) is 11.4. The number of likely N-dealkylation sites (N-methyl/N-ethyl adjacent to an activating group) is 1. The first kappa shape index (κ1) is 14.8. The highest BCUT2D eigenvalue weighted by atomic mass is 32.2. The van der Waals surface area contributed by atoms with Crippen molar-refractivity contribution in [2.45, 2.75) is 12.8 Å². The SMILES string of the molecule is COCCN(C)S(=O)(=O)NCCC1CCNC1. The number of nitrogens with one attached hydrogen (secondary N) is 2. The van der Waals surface area contributed by atoms with Crippen molar-refractivity contribution in [1.82, 2.24) is 14.3 Å². The second kappa shape index (κ2) is 7.27. The van der Waals surface area contributed by atoms with Crippen LogP contribution >= 0.6 is 0 Å². The fourth-order valence-corrected chi connectivity index (χ4v) is 2.71. The van der Waals surface area contributed by atoms with Gasteiger partial charge in [-0.1, -0.05) is 0 Å². The molecule has 1 aliphatic heterocycles. The van der Waals surface area contributed by atoms with Crippen LogP contribution in [0.5, 0.6) is 0 Å². The number of nitrogens with zero attached hydrogens (tertiary/aromatic N) is 1. The summed E-state index contributed by atoms with van der Waals surface area (Å²) < 4.78 is 32.2. The van der Waals surface area contributed by atoms with Gasteiger partial charge in [0.2, 0.25) is 0 Å². The predicted octanol–water partition coefficient (Wildman–Crippen LogP) is -0.601. The maximum absolute atomic E-state index is 11.8. The molecule has 102 valence electrons. The third kappa shape index (κ3) is 5.31. The summed E-state index contributed by atoms with van der Waals surface area (Å²) in [5, 5.41) is 3.27. The molecule has 1 unspecified atom stereocenters. The van der Waals surface area contributed by atoms with Gasteiger partial charge in [-0.15, -0.1) is 0 Å². The average molecular weight is 265 g/mol. The number of hydrogen-bond donors (Lipinski definition) is 2. The quantitative estimate of drug-likeness (QED) is 0.615. The third-order valence-corrected chi connectivity index (χ3v) is 4.59. The normalized spacial score (nSPS) is 21.2. The van der Waals surface area contributed by atoms with Crippen molar-refractivity contribution in [2.24, 2.45) is 5.92 Å². The Kier molecular flexibility index (Phi) is 6.35. The second-order valence-electron chi connectivity index (χ2n) is 4.36. The zero-order valence-electron chi connectivity index (χ0n) is 10.6. The largest absolute Gasteiger partial charge is 0.383 e. The molecule has 6 nitrogen and oxygen atoms in total. The number of rotatable bonds is 8. The molecule has 2 N–H and O–H groups in total. The lowest BCUT2D eigenvalue weighted by Gasteiger charge is -2.17. The Morgan fingerprint density at radius 1 is 1.53 bits per heavy atom. The van der Waals surface area contributed by atoms with Crippen LogP contribution in [0, 0.1) is 5.92 Å². The number of ether oxygens (including phenoxy) is 1. The van der Waals surface area contributed by atoms with E-state index < -0.39 is 10.2 Å². The molecule has 0 amide bonds. The molecule has 0 aliphatic carbocycles. The minimum atomic E-state index is -3.34. The highest BCUT2D eigenvalue weighted by Gasteiger charge is 2.18. The molecule has 0 spiro atoms. The van der Waals surface area contributed by atoms with Gasteiger partial charge in [-0.05, 0) is 31.8 Å². The molecule has 0 aromatic carbocycles. The predicted molar refractivity (Wildman–Crippen MR) is 67.0 cm³/mol. The average Bonchev–Trinajstić information content (AvgIpc) is 2.78. The van der Waals surface area contributed by atoms with E-state index in [-0.39, 0.29) is 0 Å². The zero-order chi connectivity index (χ0) is 12.7. The van der Waals surface area contributed by atoms with Crippen LogP contribution in [-0.4, -0.2) is 59.7 Å².